The minimum Gasteiger partial charge on any atom is -0.297 e. The number of benzene rings is 1. The molecule has 0 aliphatic heterocycles. The Morgan fingerprint density at radius 3 is 1.94 bits per heavy atom. The number of carbonyl (C=O) groups excluding carboxylic acids is 1. The summed E-state index contributed by atoms with van der Waals surface area (Å²) < 4.78 is 119. The van der Waals surface area contributed by atoms with Crippen molar-refractivity contribution in [2.24, 2.45) is 0 Å². The number of hydrogen-bond donors (Lipinski definition) is 0. The predicted octanol–water partition coefficient (Wildman–Crippen LogP) is 6.70. The summed E-state index contributed by atoms with van der Waals surface area (Å²) in [6.07, 6.45) is -13.8. The van der Waals surface area contributed by atoms with E-state index in [1.807, 2.05) is 0 Å². The lowest BCUT2D eigenvalue weighted by Gasteiger charge is -2.27. The Kier molecular flexibility index (Phi) is 6.82. The maximum absolute atomic E-state index is 13.4. The van der Waals surface area contributed by atoms with Crippen LogP contribution in [0.1, 0.15) is 27.3 Å². The summed E-state index contributed by atoms with van der Waals surface area (Å²) in [7, 11) is 0. The molecule has 2 aromatic heterocycles. The number of nitrogens with zero attached hydrogens (tertiary/aromatic N) is 3. The molecule has 35 heavy (non-hydrogen) atoms. The van der Waals surface area contributed by atoms with Crippen LogP contribution in [0.25, 0.3) is 11.1 Å². The van der Waals surface area contributed by atoms with Gasteiger partial charge in [0.25, 0.3) is 5.91 Å². The molecule has 0 spiro atoms. The quantitative estimate of drug-likeness (QED) is 0.370. The van der Waals surface area contributed by atoms with Gasteiger partial charge in [0.05, 0.1) is 11.9 Å². The molecule has 1 amide bonds. The maximum Gasteiger partial charge on any atom is 0.433 e. The highest BCUT2D eigenvalue weighted by atomic mass is 19.4. The summed E-state index contributed by atoms with van der Waals surface area (Å²) in [6.45, 7) is -0.370. The molecule has 0 saturated carbocycles. The van der Waals surface area contributed by atoms with Gasteiger partial charge in [-0.05, 0) is 36.2 Å². The van der Waals surface area contributed by atoms with Crippen LogP contribution in [0.15, 0.2) is 54.9 Å². The molecule has 0 atom stereocenters. The molecule has 0 aliphatic rings. The third-order valence-corrected chi connectivity index (χ3v) is 4.76. The van der Waals surface area contributed by atoms with E-state index in [-0.39, 0.29) is 22.6 Å². The number of amides is 1. The highest BCUT2D eigenvalue weighted by Gasteiger charge is 2.41. The number of carbonyl (C=O) groups is 1. The van der Waals surface area contributed by atoms with E-state index in [0.717, 1.165) is 6.20 Å². The minimum atomic E-state index is -5.40. The maximum atomic E-state index is 13.4. The zero-order valence-corrected chi connectivity index (χ0v) is 17.6. The van der Waals surface area contributed by atoms with Gasteiger partial charge in [-0.15, -0.1) is 0 Å². The molecule has 2 heterocycles. The van der Waals surface area contributed by atoms with Crippen molar-refractivity contribution in [3.05, 3.63) is 77.4 Å². The van der Waals surface area contributed by atoms with Crippen LogP contribution < -0.4 is 4.90 Å². The van der Waals surface area contributed by atoms with Crippen molar-refractivity contribution >= 4 is 11.6 Å². The van der Waals surface area contributed by atoms with Crippen molar-refractivity contribution in [2.45, 2.75) is 25.5 Å². The van der Waals surface area contributed by atoms with Gasteiger partial charge in [0.2, 0.25) is 0 Å². The number of pyridine rings is 2. The average Bonchev–Trinajstić information content (AvgIpc) is 2.75. The number of rotatable bonds is 4. The van der Waals surface area contributed by atoms with Crippen molar-refractivity contribution in [1.29, 1.82) is 0 Å². The molecule has 0 aliphatic carbocycles. The first-order chi connectivity index (χ1) is 16.1. The van der Waals surface area contributed by atoms with Gasteiger partial charge in [-0.25, -0.2) is 4.98 Å². The Balaban J connectivity index is 2.24. The first kappa shape index (κ1) is 26.0. The fraction of sp³-hybridized carbons (Fsp3) is 0.227. The summed E-state index contributed by atoms with van der Waals surface area (Å²) in [4.78, 5) is 19.3. The molecule has 186 valence electrons. The smallest absolute Gasteiger partial charge is 0.297 e. The third kappa shape index (κ3) is 6.08. The first-order valence-electron chi connectivity index (χ1n) is 9.63. The normalized spacial score (nSPS) is 12.5. The van der Waals surface area contributed by atoms with Crippen LogP contribution in [0, 0.1) is 6.92 Å². The van der Waals surface area contributed by atoms with Gasteiger partial charge < -0.3 is 0 Å². The molecule has 0 radical (unpaired) electrons. The molecule has 0 saturated heterocycles. The van der Waals surface area contributed by atoms with Crippen molar-refractivity contribution in [2.75, 3.05) is 11.4 Å². The first-order valence-corrected chi connectivity index (χ1v) is 9.63. The molecular formula is C22H14F9N3O. The van der Waals surface area contributed by atoms with Crippen LogP contribution >= 0.6 is 0 Å². The molecule has 0 bridgehead atoms. The highest BCUT2D eigenvalue weighted by molar-refractivity contribution is 6.08. The lowest BCUT2D eigenvalue weighted by atomic mass is 9.99. The van der Waals surface area contributed by atoms with Crippen molar-refractivity contribution in [3.8, 4) is 11.1 Å². The summed E-state index contributed by atoms with van der Waals surface area (Å²) in [5.74, 6) is -1.75. The third-order valence-electron chi connectivity index (χ3n) is 4.76. The average molecular weight is 507 g/mol. The Hall–Kier alpha value is -3.64. The fourth-order valence-corrected chi connectivity index (χ4v) is 3.25. The van der Waals surface area contributed by atoms with E-state index in [4.69, 9.17) is 0 Å². The van der Waals surface area contributed by atoms with Crippen LogP contribution in [0.3, 0.4) is 0 Å². The molecule has 4 nitrogen and oxygen atoms in total. The van der Waals surface area contributed by atoms with Crippen LogP contribution in [0.4, 0.5) is 45.2 Å². The Labute approximate surface area is 192 Å². The Morgan fingerprint density at radius 2 is 1.43 bits per heavy atom. The van der Waals surface area contributed by atoms with Crippen molar-refractivity contribution in [1.82, 2.24) is 9.97 Å². The van der Waals surface area contributed by atoms with E-state index in [2.05, 4.69) is 9.97 Å². The second kappa shape index (κ2) is 9.19. The standard InChI is InChI=1S/C22H14F9N3O/c1-12-4-2-3-5-14(12)15-6-7-32-10-16(15)34(11-20(23,24)25)19(35)13-8-17(21(26,27)28)33-18(9-13)22(29,30)31/h2-10H,11H2,1H3. The number of aromatic nitrogens is 2. The van der Waals surface area contributed by atoms with Crippen molar-refractivity contribution in [3.63, 3.8) is 0 Å². The van der Waals surface area contributed by atoms with Gasteiger partial charge in [-0.2, -0.15) is 39.5 Å². The molecule has 0 N–H and O–H groups in total. The van der Waals surface area contributed by atoms with Gasteiger partial charge >= 0.3 is 18.5 Å². The second-order valence-electron chi connectivity index (χ2n) is 7.34. The summed E-state index contributed by atoms with van der Waals surface area (Å²) >= 11 is 0. The van der Waals surface area contributed by atoms with Crippen molar-refractivity contribution < 1.29 is 44.3 Å². The summed E-state index contributed by atoms with van der Waals surface area (Å²) in [5, 5.41) is 0. The molecule has 3 rings (SSSR count). The largest absolute Gasteiger partial charge is 0.433 e. The lowest BCUT2D eigenvalue weighted by molar-refractivity contribution is -0.150. The van der Waals surface area contributed by atoms with E-state index < -0.39 is 53.6 Å². The Bertz CT molecular complexity index is 1200. The second-order valence-corrected chi connectivity index (χ2v) is 7.34. The number of hydrogen-bond acceptors (Lipinski definition) is 3. The molecule has 0 unspecified atom stereocenters. The van der Waals surface area contributed by atoms with Gasteiger partial charge in [-0.1, -0.05) is 24.3 Å². The Morgan fingerprint density at radius 1 is 0.857 bits per heavy atom. The molecule has 3 aromatic rings. The van der Waals surface area contributed by atoms with E-state index >= 15 is 0 Å². The predicted molar refractivity (Wildman–Crippen MR) is 106 cm³/mol. The molecule has 0 fully saturated rings. The van der Waals surface area contributed by atoms with Crippen LogP contribution in [0.5, 0.6) is 0 Å². The van der Waals surface area contributed by atoms with Gasteiger partial charge in [0.15, 0.2) is 0 Å². The van der Waals surface area contributed by atoms with E-state index in [1.54, 1.807) is 25.1 Å². The lowest BCUT2D eigenvalue weighted by Crippen LogP contribution is -2.40. The zero-order valence-electron chi connectivity index (χ0n) is 17.6. The van der Waals surface area contributed by atoms with Gasteiger partial charge in [-0.3, -0.25) is 14.7 Å². The van der Waals surface area contributed by atoms with Gasteiger partial charge in [0, 0.05) is 17.3 Å². The summed E-state index contributed by atoms with van der Waals surface area (Å²) in [6, 6.07) is 7.60. The number of halogens is 9. The fourth-order valence-electron chi connectivity index (χ4n) is 3.25. The molecule has 13 heteroatoms. The van der Waals surface area contributed by atoms with E-state index in [1.165, 1.54) is 18.3 Å². The zero-order chi connectivity index (χ0) is 26.2. The highest BCUT2D eigenvalue weighted by Crippen LogP contribution is 2.37. The molecular weight excluding hydrogens is 493 g/mol. The van der Waals surface area contributed by atoms with Gasteiger partial charge in [0.1, 0.15) is 17.9 Å². The number of alkyl halides is 9. The SMILES string of the molecule is Cc1ccccc1-c1ccncc1N(CC(F)(F)F)C(=O)c1cc(C(F)(F)F)nc(C(F)(F)F)c1. The van der Waals surface area contributed by atoms with Crippen LogP contribution in [-0.4, -0.2) is 28.6 Å². The van der Waals surface area contributed by atoms with E-state index in [0.29, 0.717) is 11.1 Å². The number of anilines is 1. The molecule has 1 aromatic carbocycles. The minimum absolute atomic E-state index is 0.0231. The number of aryl methyl sites for hydroxylation is 1. The van der Waals surface area contributed by atoms with Crippen LogP contribution in [0.2, 0.25) is 0 Å². The monoisotopic (exact) mass is 507 g/mol. The topological polar surface area (TPSA) is 46.1 Å². The van der Waals surface area contributed by atoms with Crippen LogP contribution in [-0.2, 0) is 12.4 Å². The van der Waals surface area contributed by atoms with E-state index in [9.17, 15) is 44.3 Å². The summed E-state index contributed by atoms with van der Waals surface area (Å²) in [5.41, 5.74) is -4.85.